The van der Waals surface area contributed by atoms with Gasteiger partial charge >= 0.3 is 0 Å². The molecule has 0 aliphatic carbocycles. The molecular weight excluding hydrogens is 462 g/mol. The van der Waals surface area contributed by atoms with Crippen molar-refractivity contribution in [2.45, 2.75) is 37.1 Å². The Balaban J connectivity index is 1.39. The van der Waals surface area contributed by atoms with Gasteiger partial charge < -0.3 is 9.30 Å². The van der Waals surface area contributed by atoms with Crippen molar-refractivity contribution in [1.82, 2.24) is 24.3 Å². The monoisotopic (exact) mass is 489 g/mol. The molecule has 5 rings (SSSR count). The number of fused-ring (bicyclic) bond motifs is 1. The Hall–Kier alpha value is -3.72. The van der Waals surface area contributed by atoms with Crippen molar-refractivity contribution in [2.75, 3.05) is 13.4 Å². The summed E-state index contributed by atoms with van der Waals surface area (Å²) in [6.45, 7) is 2.77. The van der Waals surface area contributed by atoms with Crippen LogP contribution in [-0.4, -0.2) is 46.1 Å². The summed E-state index contributed by atoms with van der Waals surface area (Å²) in [5.41, 5.74) is 3.89. The number of aromatic nitrogens is 5. The topological polar surface area (TPSA) is 91.9 Å². The molecule has 1 aliphatic heterocycles. The first-order chi connectivity index (χ1) is 16.8. The molecule has 0 spiro atoms. The fourth-order valence-corrected chi connectivity index (χ4v) is 5.07. The van der Waals surface area contributed by atoms with Crippen LogP contribution in [0.3, 0.4) is 0 Å². The van der Waals surface area contributed by atoms with Crippen LogP contribution in [0.1, 0.15) is 47.2 Å². The van der Waals surface area contributed by atoms with Crippen molar-refractivity contribution in [1.29, 1.82) is 0 Å². The van der Waals surface area contributed by atoms with Gasteiger partial charge in [0.05, 0.1) is 29.7 Å². The highest BCUT2D eigenvalue weighted by Crippen LogP contribution is 2.33. The van der Waals surface area contributed by atoms with Gasteiger partial charge in [-0.15, -0.1) is 0 Å². The van der Waals surface area contributed by atoms with Gasteiger partial charge in [-0.2, -0.15) is 5.10 Å². The first-order valence-electron chi connectivity index (χ1n) is 11.4. The van der Waals surface area contributed by atoms with E-state index in [-0.39, 0.29) is 5.92 Å². The van der Waals surface area contributed by atoms with E-state index >= 15 is 0 Å². The number of aryl methyl sites for hydroxylation is 2. The molecule has 1 aliphatic rings. The van der Waals surface area contributed by atoms with E-state index in [9.17, 15) is 8.42 Å². The van der Waals surface area contributed by atoms with Crippen molar-refractivity contribution >= 4 is 22.0 Å². The second-order valence-electron chi connectivity index (χ2n) is 8.77. The zero-order valence-electron chi connectivity index (χ0n) is 19.9. The third kappa shape index (κ3) is 4.77. The van der Waals surface area contributed by atoms with E-state index in [1.807, 2.05) is 64.9 Å². The molecule has 1 atom stereocenters. The lowest BCUT2D eigenvalue weighted by Crippen LogP contribution is -2.18. The molecule has 4 aromatic rings. The van der Waals surface area contributed by atoms with Crippen LogP contribution < -0.4 is 4.74 Å². The van der Waals surface area contributed by atoms with Crippen LogP contribution in [0.25, 0.3) is 17.8 Å². The number of nitrogens with zero attached hydrogens (tertiary/aromatic N) is 5. The van der Waals surface area contributed by atoms with Crippen LogP contribution >= 0.6 is 0 Å². The van der Waals surface area contributed by atoms with E-state index in [0.29, 0.717) is 10.7 Å². The maximum Gasteiger partial charge on any atom is 0.175 e. The molecule has 0 amide bonds. The van der Waals surface area contributed by atoms with E-state index in [4.69, 9.17) is 9.72 Å². The van der Waals surface area contributed by atoms with Gasteiger partial charge in [-0.1, -0.05) is 24.3 Å². The molecule has 35 heavy (non-hydrogen) atoms. The minimum Gasteiger partial charge on any atom is -0.495 e. The summed E-state index contributed by atoms with van der Waals surface area (Å²) < 4.78 is 33.1. The number of methoxy groups -OCH3 is 1. The largest absolute Gasteiger partial charge is 0.495 e. The van der Waals surface area contributed by atoms with Crippen LogP contribution in [0.15, 0.2) is 59.9 Å². The van der Waals surface area contributed by atoms with Crippen LogP contribution in [0, 0.1) is 6.92 Å². The third-order valence-electron chi connectivity index (χ3n) is 6.22. The Bertz CT molecular complexity index is 1500. The SMILES string of the molecule is COc1cc(/C=C/c2nc3n(n2)CCCC3c2ccc(S(C)(=O)=O)cc2)ccc1-n1cnc(C)c1. The average Bonchev–Trinajstić information content (AvgIpc) is 3.47. The molecule has 2 aromatic carbocycles. The lowest BCUT2D eigenvalue weighted by atomic mass is 9.91. The highest BCUT2D eigenvalue weighted by molar-refractivity contribution is 7.90. The molecule has 1 unspecified atom stereocenters. The van der Waals surface area contributed by atoms with Gasteiger partial charge in [0.1, 0.15) is 11.6 Å². The zero-order chi connectivity index (χ0) is 24.6. The van der Waals surface area contributed by atoms with Crippen molar-refractivity contribution < 1.29 is 13.2 Å². The van der Waals surface area contributed by atoms with Crippen LogP contribution in [0.5, 0.6) is 5.75 Å². The smallest absolute Gasteiger partial charge is 0.175 e. The molecule has 9 heteroatoms. The van der Waals surface area contributed by atoms with E-state index in [2.05, 4.69) is 10.1 Å². The van der Waals surface area contributed by atoms with E-state index < -0.39 is 9.84 Å². The van der Waals surface area contributed by atoms with Crippen molar-refractivity contribution in [3.63, 3.8) is 0 Å². The number of hydrogen-bond donors (Lipinski definition) is 0. The summed E-state index contributed by atoms with van der Waals surface area (Å²) in [6, 6.07) is 13.1. The molecule has 0 saturated carbocycles. The zero-order valence-corrected chi connectivity index (χ0v) is 20.7. The first-order valence-corrected chi connectivity index (χ1v) is 13.3. The number of sulfone groups is 1. The van der Waals surface area contributed by atoms with E-state index in [1.54, 1.807) is 25.6 Å². The second kappa shape index (κ2) is 9.14. The molecule has 0 bridgehead atoms. The van der Waals surface area contributed by atoms with E-state index in [0.717, 1.165) is 53.5 Å². The number of ether oxygens (including phenoxy) is 1. The lowest BCUT2D eigenvalue weighted by molar-refractivity contribution is 0.413. The van der Waals surface area contributed by atoms with Crippen molar-refractivity contribution in [2.24, 2.45) is 0 Å². The highest BCUT2D eigenvalue weighted by Gasteiger charge is 2.25. The molecule has 8 nitrogen and oxygen atoms in total. The fraction of sp³-hybridized carbons (Fsp3) is 0.269. The Labute approximate surface area is 204 Å². The molecule has 180 valence electrons. The van der Waals surface area contributed by atoms with Gasteiger partial charge in [0.2, 0.25) is 0 Å². The number of imidazole rings is 1. The molecule has 0 saturated heterocycles. The fourth-order valence-electron chi connectivity index (χ4n) is 4.44. The predicted molar refractivity (Wildman–Crippen MR) is 134 cm³/mol. The Morgan fingerprint density at radius 3 is 2.60 bits per heavy atom. The van der Waals surface area contributed by atoms with Crippen LogP contribution in [0.2, 0.25) is 0 Å². The quantitative estimate of drug-likeness (QED) is 0.401. The molecule has 0 N–H and O–H groups in total. The molecular formula is C26H27N5O3S. The number of hydrogen-bond acceptors (Lipinski definition) is 6. The standard InChI is InChI=1S/C26H27N5O3S/c1-18-16-30(17-27-18)23-12-6-19(15-24(23)34-2)7-13-25-28-26-22(5-4-14-31(26)29-25)20-8-10-21(11-9-20)35(3,32)33/h6-13,15-17,22H,4-5,14H2,1-3H3/b13-7+. The Morgan fingerprint density at radius 1 is 1.11 bits per heavy atom. The maximum atomic E-state index is 11.8. The minimum atomic E-state index is -3.22. The molecule has 2 aromatic heterocycles. The predicted octanol–water partition coefficient (Wildman–Crippen LogP) is 4.28. The second-order valence-corrected chi connectivity index (χ2v) is 10.8. The van der Waals surface area contributed by atoms with Gasteiger partial charge in [-0.05, 0) is 61.2 Å². The summed E-state index contributed by atoms with van der Waals surface area (Å²) in [5.74, 6) is 2.39. The summed E-state index contributed by atoms with van der Waals surface area (Å²) in [7, 11) is -1.56. The summed E-state index contributed by atoms with van der Waals surface area (Å²) in [6.07, 6.45) is 10.8. The normalized spacial score (nSPS) is 15.9. The van der Waals surface area contributed by atoms with Gasteiger partial charge in [0.25, 0.3) is 0 Å². The van der Waals surface area contributed by atoms with Gasteiger partial charge in [0, 0.05) is 24.9 Å². The highest BCUT2D eigenvalue weighted by atomic mass is 32.2. The van der Waals surface area contributed by atoms with Crippen LogP contribution in [-0.2, 0) is 16.4 Å². The molecule has 0 fully saturated rings. The van der Waals surface area contributed by atoms with Gasteiger partial charge in [-0.25, -0.2) is 23.1 Å². The molecule has 3 heterocycles. The van der Waals surface area contributed by atoms with Crippen LogP contribution in [0.4, 0.5) is 0 Å². The minimum absolute atomic E-state index is 0.0880. The summed E-state index contributed by atoms with van der Waals surface area (Å²) >= 11 is 0. The lowest BCUT2D eigenvalue weighted by Gasteiger charge is -2.22. The first kappa shape index (κ1) is 23.0. The Morgan fingerprint density at radius 2 is 1.91 bits per heavy atom. The Kier molecular flexibility index (Phi) is 6.02. The van der Waals surface area contributed by atoms with Crippen molar-refractivity contribution in [3.8, 4) is 11.4 Å². The van der Waals surface area contributed by atoms with Gasteiger partial charge in [0.15, 0.2) is 15.7 Å². The van der Waals surface area contributed by atoms with Crippen molar-refractivity contribution in [3.05, 3.63) is 83.5 Å². The summed E-state index contributed by atoms with van der Waals surface area (Å²) in [5, 5.41) is 4.69. The third-order valence-corrected chi connectivity index (χ3v) is 7.35. The molecule has 0 radical (unpaired) electrons. The number of benzene rings is 2. The maximum absolute atomic E-state index is 11.8. The summed E-state index contributed by atoms with van der Waals surface area (Å²) in [4.78, 5) is 9.42. The average molecular weight is 490 g/mol. The number of rotatable bonds is 6. The van der Waals surface area contributed by atoms with Gasteiger partial charge in [-0.3, -0.25) is 0 Å². The van der Waals surface area contributed by atoms with E-state index in [1.165, 1.54) is 6.26 Å².